The van der Waals surface area contributed by atoms with Gasteiger partial charge in [0.05, 0.1) is 4.90 Å². The van der Waals surface area contributed by atoms with Gasteiger partial charge in [0, 0.05) is 43.1 Å². The quantitative estimate of drug-likeness (QED) is 0.167. The molecular weight excluding hydrogens is 560 g/mol. The number of hydrogen-bond donors (Lipinski definition) is 5. The highest BCUT2D eigenvalue weighted by Crippen LogP contribution is 2.37. The zero-order valence-electron chi connectivity index (χ0n) is 22.2. The van der Waals surface area contributed by atoms with E-state index in [4.69, 9.17) is 20.0 Å². The van der Waals surface area contributed by atoms with E-state index in [9.17, 15) is 8.76 Å². The first kappa shape index (κ1) is 24.0. The van der Waals surface area contributed by atoms with Crippen LogP contribution in [-0.4, -0.2) is 28.7 Å². The number of hydrogen-bond acceptors (Lipinski definition) is 5. The largest absolute Gasteiger partial charge is 0.324 e. The number of rotatable bonds is 1. The lowest BCUT2D eigenvalue weighted by molar-refractivity contribution is 0.565. The predicted molar refractivity (Wildman–Crippen MR) is 165 cm³/mol. The first-order chi connectivity index (χ1) is 21.1. The second-order valence-corrected chi connectivity index (χ2v) is 11.2. The molecule has 8 aromatic rings. The van der Waals surface area contributed by atoms with E-state index in [-0.39, 0.29) is 4.90 Å². The Bertz CT molecular complexity index is 2730. The molecule has 0 amide bonds. The molecule has 8 bridgehead atoms. The summed E-state index contributed by atoms with van der Waals surface area (Å²) in [7, 11) is 0. The number of aromatic amines is 4. The Morgan fingerprint density at radius 3 is 1.28 bits per heavy atom. The molecule has 1 aliphatic rings. The lowest BCUT2D eigenvalue weighted by Crippen LogP contribution is -2.10. The van der Waals surface area contributed by atoms with E-state index >= 15 is 0 Å². The lowest BCUT2D eigenvalue weighted by atomic mass is 10.2. The minimum absolute atomic E-state index is 0.241. The van der Waals surface area contributed by atoms with Crippen LogP contribution in [0, 0.1) is 0 Å². The van der Waals surface area contributed by atoms with E-state index in [0.717, 1.165) is 32.3 Å². The second kappa shape index (κ2) is 8.92. The van der Waals surface area contributed by atoms with Crippen molar-refractivity contribution in [2.24, 2.45) is 20.0 Å². The second-order valence-electron chi connectivity index (χ2n) is 10.3. The standard InChI is InChI=1S/C32H20N8O2S/c41-43(42)23-15-7-14-22-24(23)32-39-30-21-13-6-5-12-20(21)28(37-30)35-26-17-9-2-1-8-16(17)25(33-26)34-27-18-10-3-4-11-19(18)29(36-27)38-31(22)40-32/h1-15H,(H,41,42)(H4,33,34,35,36,37,38,39,40). The SMILES string of the molecule is O=S(O)c1cccc2c3[nH]c(c12)N=c1[nH]c(c2ccccc12)=Nc1[nH]c(c2ccccc12)N=c1[nH]c(c2ccccc12)=N3. The van der Waals surface area contributed by atoms with Gasteiger partial charge in [0.1, 0.15) is 45.2 Å². The van der Waals surface area contributed by atoms with Crippen LogP contribution in [0.15, 0.2) is 116 Å². The van der Waals surface area contributed by atoms with Crippen LogP contribution in [0.25, 0.3) is 43.1 Å². The number of fused-ring (bicyclic) bond motifs is 20. The van der Waals surface area contributed by atoms with E-state index in [0.29, 0.717) is 56.0 Å². The Hall–Kier alpha value is -5.65. The monoisotopic (exact) mass is 580 g/mol. The van der Waals surface area contributed by atoms with Crippen molar-refractivity contribution >= 4 is 77.4 Å². The third-order valence-electron chi connectivity index (χ3n) is 7.86. The Labute approximate surface area is 243 Å². The average molecular weight is 581 g/mol. The van der Waals surface area contributed by atoms with E-state index in [1.807, 2.05) is 78.9 Å². The van der Waals surface area contributed by atoms with Crippen LogP contribution in [0.1, 0.15) is 0 Å². The van der Waals surface area contributed by atoms with Crippen molar-refractivity contribution in [3.05, 3.63) is 113 Å². The fourth-order valence-electron chi connectivity index (χ4n) is 5.94. The Morgan fingerprint density at radius 1 is 0.442 bits per heavy atom. The van der Waals surface area contributed by atoms with Gasteiger partial charge in [-0.15, -0.1) is 0 Å². The molecule has 5 heterocycles. The van der Waals surface area contributed by atoms with Crippen LogP contribution in [0.2, 0.25) is 0 Å². The first-order valence-corrected chi connectivity index (χ1v) is 14.7. The molecule has 11 heteroatoms. The molecule has 0 spiro atoms. The zero-order chi connectivity index (χ0) is 28.7. The van der Waals surface area contributed by atoms with Gasteiger partial charge in [0.2, 0.25) is 0 Å². The van der Waals surface area contributed by atoms with Crippen molar-refractivity contribution in [1.29, 1.82) is 0 Å². The van der Waals surface area contributed by atoms with Gasteiger partial charge in [0.25, 0.3) is 0 Å². The summed E-state index contributed by atoms with van der Waals surface area (Å²) in [5.41, 5.74) is 2.42. The fourth-order valence-corrected chi connectivity index (χ4v) is 6.51. The normalized spacial score (nSPS) is 13.5. The van der Waals surface area contributed by atoms with Gasteiger partial charge in [-0.2, -0.15) is 0 Å². The van der Waals surface area contributed by atoms with E-state index < -0.39 is 11.1 Å². The zero-order valence-corrected chi connectivity index (χ0v) is 23.0. The number of aromatic nitrogens is 4. The van der Waals surface area contributed by atoms with Crippen molar-refractivity contribution in [3.8, 4) is 0 Å². The van der Waals surface area contributed by atoms with Gasteiger partial charge in [-0.3, -0.25) is 0 Å². The van der Waals surface area contributed by atoms with Crippen LogP contribution in [0.3, 0.4) is 0 Å². The molecule has 1 aliphatic heterocycles. The fraction of sp³-hybridized carbons (Fsp3) is 0. The molecule has 43 heavy (non-hydrogen) atoms. The van der Waals surface area contributed by atoms with E-state index in [1.54, 1.807) is 12.1 Å². The highest BCUT2D eigenvalue weighted by Gasteiger charge is 2.18. The first-order valence-electron chi connectivity index (χ1n) is 13.6. The maximum Gasteiger partial charge on any atom is 0.187 e. The molecule has 4 aromatic carbocycles. The highest BCUT2D eigenvalue weighted by atomic mass is 32.2. The van der Waals surface area contributed by atoms with Gasteiger partial charge >= 0.3 is 0 Å². The van der Waals surface area contributed by atoms with Crippen LogP contribution >= 0.6 is 0 Å². The molecule has 0 saturated heterocycles. The van der Waals surface area contributed by atoms with Crippen LogP contribution in [0.5, 0.6) is 0 Å². The predicted octanol–water partition coefficient (Wildman–Crippen LogP) is 5.31. The van der Waals surface area contributed by atoms with E-state index in [2.05, 4.69) is 19.9 Å². The van der Waals surface area contributed by atoms with Crippen LogP contribution < -0.4 is 22.0 Å². The topological polar surface area (TPSA) is 150 Å². The summed E-state index contributed by atoms with van der Waals surface area (Å²) in [6.07, 6.45) is 0. The summed E-state index contributed by atoms with van der Waals surface area (Å²) < 4.78 is 22.7. The Morgan fingerprint density at radius 2 is 0.814 bits per heavy atom. The Balaban J connectivity index is 1.52. The third-order valence-corrected chi connectivity index (χ3v) is 8.58. The smallest absolute Gasteiger partial charge is 0.187 e. The number of benzene rings is 4. The Kier molecular flexibility index (Phi) is 4.98. The van der Waals surface area contributed by atoms with Crippen LogP contribution in [0.4, 0.5) is 23.3 Å². The molecule has 1 unspecified atom stereocenters. The lowest BCUT2D eigenvalue weighted by Gasteiger charge is -1.99. The van der Waals surface area contributed by atoms with Gasteiger partial charge in [0.15, 0.2) is 11.1 Å². The van der Waals surface area contributed by atoms with Gasteiger partial charge in [-0.25, -0.2) is 24.2 Å². The molecule has 10 nitrogen and oxygen atoms in total. The molecule has 0 fully saturated rings. The molecule has 0 saturated carbocycles. The molecule has 4 aromatic heterocycles. The minimum Gasteiger partial charge on any atom is -0.324 e. The van der Waals surface area contributed by atoms with Crippen molar-refractivity contribution in [3.63, 3.8) is 0 Å². The number of nitrogens with zero attached hydrogens (tertiary/aromatic N) is 4. The summed E-state index contributed by atoms with van der Waals surface area (Å²) in [4.78, 5) is 33.9. The van der Waals surface area contributed by atoms with Crippen molar-refractivity contribution in [2.75, 3.05) is 0 Å². The van der Waals surface area contributed by atoms with Crippen molar-refractivity contribution < 1.29 is 8.76 Å². The summed E-state index contributed by atoms with van der Waals surface area (Å²) >= 11 is -2.25. The molecule has 9 rings (SSSR count). The van der Waals surface area contributed by atoms with Gasteiger partial charge < -0.3 is 24.5 Å². The maximum absolute atomic E-state index is 12.5. The number of H-pyrrole nitrogens is 4. The van der Waals surface area contributed by atoms with Crippen LogP contribution in [-0.2, 0) is 11.1 Å². The third kappa shape index (κ3) is 3.59. The molecule has 206 valence electrons. The minimum atomic E-state index is -2.25. The molecule has 1 atom stereocenters. The summed E-state index contributed by atoms with van der Waals surface area (Å²) in [5.74, 6) is 2.24. The maximum atomic E-state index is 12.5. The van der Waals surface area contributed by atoms with E-state index in [1.165, 1.54) is 0 Å². The molecular formula is C32H20N8O2S. The number of nitrogens with one attached hydrogen (secondary N) is 4. The average Bonchev–Trinajstić information content (AvgIpc) is 3.76. The van der Waals surface area contributed by atoms with Gasteiger partial charge in [-0.05, 0) is 6.07 Å². The molecule has 0 aliphatic carbocycles. The van der Waals surface area contributed by atoms with Crippen molar-refractivity contribution in [1.82, 2.24) is 19.9 Å². The highest BCUT2D eigenvalue weighted by molar-refractivity contribution is 7.79. The summed E-state index contributed by atoms with van der Waals surface area (Å²) in [5, 5.41) is 6.58. The summed E-state index contributed by atoms with van der Waals surface area (Å²) in [6.45, 7) is 0. The summed E-state index contributed by atoms with van der Waals surface area (Å²) in [6, 6.07) is 29.0. The molecule has 5 N–H and O–H groups in total. The van der Waals surface area contributed by atoms with Gasteiger partial charge in [-0.1, -0.05) is 84.9 Å². The van der Waals surface area contributed by atoms with Crippen molar-refractivity contribution in [2.45, 2.75) is 4.90 Å². The molecule has 0 radical (unpaired) electrons.